The first-order valence-electron chi connectivity index (χ1n) is 12.3. The molecule has 0 radical (unpaired) electrons. The molecule has 7 heteroatoms. The summed E-state index contributed by atoms with van der Waals surface area (Å²) in [5, 5.41) is 3.25. The minimum Gasteiger partial charge on any atom is -0.493 e. The Labute approximate surface area is 206 Å². The molecule has 4 rings (SSSR count). The van der Waals surface area contributed by atoms with Crippen LogP contribution in [0.3, 0.4) is 0 Å². The lowest BCUT2D eigenvalue weighted by Crippen LogP contribution is -2.31. The summed E-state index contributed by atoms with van der Waals surface area (Å²) in [4.78, 5) is 26.1. The number of hydrogen-bond acceptors (Lipinski definition) is 6. The monoisotopic (exact) mass is 481 g/mol. The highest BCUT2D eigenvalue weighted by Crippen LogP contribution is 2.50. The fraction of sp³-hybridized carbons (Fsp3) is 0.500. The zero-order valence-electron chi connectivity index (χ0n) is 21.1. The lowest BCUT2D eigenvalue weighted by atomic mass is 9.86. The van der Waals surface area contributed by atoms with Crippen LogP contribution in [0.4, 0.5) is 0 Å². The van der Waals surface area contributed by atoms with Crippen LogP contribution in [0.2, 0.25) is 0 Å². The fourth-order valence-electron chi connectivity index (χ4n) is 5.52. The van der Waals surface area contributed by atoms with Crippen LogP contribution in [0.25, 0.3) is 11.1 Å². The highest BCUT2D eigenvalue weighted by molar-refractivity contribution is 5.83. The molecule has 1 amide bonds. The molecular weight excluding hydrogens is 446 g/mol. The van der Waals surface area contributed by atoms with Crippen molar-refractivity contribution in [2.75, 3.05) is 28.4 Å². The van der Waals surface area contributed by atoms with E-state index >= 15 is 0 Å². The van der Waals surface area contributed by atoms with Gasteiger partial charge < -0.3 is 24.3 Å². The molecule has 1 N–H and O–H groups in total. The van der Waals surface area contributed by atoms with Crippen LogP contribution < -0.4 is 29.7 Å². The van der Waals surface area contributed by atoms with Gasteiger partial charge in [-0.15, -0.1) is 0 Å². The minimum atomic E-state index is -0.319. The third kappa shape index (κ3) is 5.09. The van der Waals surface area contributed by atoms with Gasteiger partial charge in [-0.1, -0.05) is 25.3 Å². The van der Waals surface area contributed by atoms with Gasteiger partial charge in [0.15, 0.2) is 17.2 Å². The topological polar surface area (TPSA) is 83.1 Å². The summed E-state index contributed by atoms with van der Waals surface area (Å²) in [6, 6.07) is 6.77. The first-order chi connectivity index (χ1) is 17.0. The lowest BCUT2D eigenvalue weighted by molar-refractivity contribution is -0.123. The van der Waals surface area contributed by atoms with Gasteiger partial charge in [0, 0.05) is 12.0 Å². The Morgan fingerprint density at radius 3 is 2.26 bits per heavy atom. The maximum Gasteiger partial charge on any atom is 0.220 e. The molecule has 2 aliphatic carbocycles. The van der Waals surface area contributed by atoms with E-state index in [4.69, 9.17) is 18.9 Å². The van der Waals surface area contributed by atoms with Crippen LogP contribution >= 0.6 is 0 Å². The summed E-state index contributed by atoms with van der Waals surface area (Å²) in [7, 11) is 6.24. The molecule has 188 valence electrons. The second kappa shape index (κ2) is 11.0. The van der Waals surface area contributed by atoms with E-state index in [0.717, 1.165) is 35.1 Å². The minimum absolute atomic E-state index is 0.0341. The van der Waals surface area contributed by atoms with Crippen molar-refractivity contribution in [1.82, 2.24) is 5.32 Å². The molecule has 0 bridgehead atoms. The average Bonchev–Trinajstić information content (AvgIpc) is 3.11. The normalized spacial score (nSPS) is 17.4. The number of nitrogens with one attached hydrogen (secondary N) is 1. The first-order valence-corrected chi connectivity index (χ1v) is 12.3. The van der Waals surface area contributed by atoms with Crippen molar-refractivity contribution >= 4 is 5.91 Å². The second-order valence-electron chi connectivity index (χ2n) is 9.33. The molecule has 1 saturated carbocycles. The van der Waals surface area contributed by atoms with E-state index in [1.807, 2.05) is 12.1 Å². The molecule has 1 atom stereocenters. The molecule has 0 unspecified atom stereocenters. The summed E-state index contributed by atoms with van der Waals surface area (Å²) in [5.41, 5.74) is 3.16. The van der Waals surface area contributed by atoms with Crippen molar-refractivity contribution in [3.63, 3.8) is 0 Å². The van der Waals surface area contributed by atoms with Crippen LogP contribution in [0.5, 0.6) is 23.0 Å². The van der Waals surface area contributed by atoms with Gasteiger partial charge in [0.2, 0.25) is 17.1 Å². The number of ether oxygens (including phenoxy) is 4. The third-order valence-electron chi connectivity index (χ3n) is 7.25. The number of carbonyl (C=O) groups excluding carboxylic acids is 1. The van der Waals surface area contributed by atoms with E-state index < -0.39 is 0 Å². The van der Waals surface area contributed by atoms with Gasteiger partial charge in [-0.25, -0.2) is 0 Å². The van der Waals surface area contributed by atoms with Crippen molar-refractivity contribution in [1.29, 1.82) is 0 Å². The van der Waals surface area contributed by atoms with Gasteiger partial charge in [0.25, 0.3) is 0 Å². The summed E-state index contributed by atoms with van der Waals surface area (Å²) >= 11 is 0. The zero-order valence-corrected chi connectivity index (χ0v) is 21.1. The number of hydrogen-bond donors (Lipinski definition) is 1. The number of fused-ring (bicyclic) bond motifs is 3. The predicted octanol–water partition coefficient (Wildman–Crippen LogP) is 4.82. The molecule has 2 aromatic carbocycles. The summed E-state index contributed by atoms with van der Waals surface area (Å²) < 4.78 is 22.4. The van der Waals surface area contributed by atoms with E-state index in [1.165, 1.54) is 26.4 Å². The Hall–Kier alpha value is -3.22. The number of aryl methyl sites for hydroxylation is 1. The van der Waals surface area contributed by atoms with E-state index in [0.29, 0.717) is 42.4 Å². The maximum atomic E-state index is 13.1. The Morgan fingerprint density at radius 1 is 0.886 bits per heavy atom. The van der Waals surface area contributed by atoms with E-state index in [-0.39, 0.29) is 23.1 Å². The molecule has 35 heavy (non-hydrogen) atoms. The molecule has 1 fully saturated rings. The summed E-state index contributed by atoms with van der Waals surface area (Å²) in [5.74, 6) is 2.31. The summed E-state index contributed by atoms with van der Waals surface area (Å²) in [6.07, 6.45) is 7.69. The Balaban J connectivity index is 1.82. The van der Waals surface area contributed by atoms with E-state index in [9.17, 15) is 9.59 Å². The van der Waals surface area contributed by atoms with Gasteiger partial charge >= 0.3 is 0 Å². The summed E-state index contributed by atoms with van der Waals surface area (Å²) in [6.45, 7) is 0. The molecule has 0 saturated heterocycles. The fourth-order valence-corrected chi connectivity index (χ4v) is 5.52. The smallest absolute Gasteiger partial charge is 0.220 e. The molecule has 0 heterocycles. The van der Waals surface area contributed by atoms with Gasteiger partial charge in [0.1, 0.15) is 0 Å². The predicted molar refractivity (Wildman–Crippen MR) is 135 cm³/mol. The zero-order chi connectivity index (χ0) is 24.9. The quantitative estimate of drug-likeness (QED) is 0.610. The van der Waals surface area contributed by atoms with E-state index in [1.54, 1.807) is 33.5 Å². The molecule has 0 aliphatic heterocycles. The Bertz CT molecular complexity index is 1140. The SMILES string of the molecule is COc1cc2c(c(OC)c1OC)-c1ccc(OC)c(=O)cc1[C@@H](NC(=O)CC1CCCCC1)CC2. The number of rotatable bonds is 7. The molecule has 0 aromatic heterocycles. The number of methoxy groups -OCH3 is 4. The molecule has 0 spiro atoms. The van der Waals surface area contributed by atoms with Crippen LogP contribution in [-0.4, -0.2) is 34.3 Å². The van der Waals surface area contributed by atoms with Gasteiger partial charge in [0.05, 0.1) is 34.5 Å². The lowest BCUT2D eigenvalue weighted by Gasteiger charge is -2.23. The van der Waals surface area contributed by atoms with Crippen molar-refractivity contribution in [3.05, 3.63) is 45.6 Å². The average molecular weight is 482 g/mol. The van der Waals surface area contributed by atoms with E-state index in [2.05, 4.69) is 5.32 Å². The van der Waals surface area contributed by atoms with Crippen molar-refractivity contribution < 1.29 is 23.7 Å². The highest BCUT2D eigenvalue weighted by atomic mass is 16.5. The first kappa shape index (κ1) is 24.9. The number of benzene rings is 1. The number of carbonyl (C=O) groups is 1. The Kier molecular flexibility index (Phi) is 7.83. The Morgan fingerprint density at radius 2 is 1.60 bits per heavy atom. The standard InChI is InChI=1S/C28H35NO6/c1-32-23-13-11-19-20(16-22(23)30)21(29-25(31)14-17-8-6-5-7-9-17)12-10-18-15-24(33-2)27(34-3)28(35-4)26(18)19/h11,13,15-17,21H,5-10,12,14H2,1-4H3,(H,29,31)/t21-/m0/s1. The molecular formula is C28H35NO6. The van der Waals surface area contributed by atoms with Crippen molar-refractivity contribution in [3.8, 4) is 34.1 Å². The maximum absolute atomic E-state index is 13.1. The van der Waals surface area contributed by atoms with Crippen molar-refractivity contribution in [2.45, 2.75) is 57.4 Å². The largest absolute Gasteiger partial charge is 0.493 e. The second-order valence-corrected chi connectivity index (χ2v) is 9.33. The molecule has 2 aliphatic rings. The van der Waals surface area contributed by atoms with Crippen LogP contribution in [0.15, 0.2) is 29.1 Å². The van der Waals surface area contributed by atoms with Crippen molar-refractivity contribution in [2.24, 2.45) is 5.92 Å². The van der Waals surface area contributed by atoms with Gasteiger partial charge in [-0.2, -0.15) is 0 Å². The molecule has 2 aromatic rings. The van der Waals surface area contributed by atoms with Crippen LogP contribution in [0, 0.1) is 5.92 Å². The van der Waals surface area contributed by atoms with Crippen LogP contribution in [-0.2, 0) is 11.2 Å². The molecule has 7 nitrogen and oxygen atoms in total. The third-order valence-corrected chi connectivity index (χ3v) is 7.25. The van der Waals surface area contributed by atoms with Crippen LogP contribution in [0.1, 0.15) is 62.1 Å². The highest BCUT2D eigenvalue weighted by Gasteiger charge is 2.30. The van der Waals surface area contributed by atoms with Gasteiger partial charge in [-0.3, -0.25) is 9.59 Å². The number of amides is 1. The van der Waals surface area contributed by atoms with Gasteiger partial charge in [-0.05, 0) is 66.5 Å².